The number of hydrogen-bond donors (Lipinski definition) is 2. The summed E-state index contributed by atoms with van der Waals surface area (Å²) in [6.45, 7) is 7.16. The van der Waals surface area contributed by atoms with Crippen LogP contribution in [-0.4, -0.2) is 39.3 Å². The first-order chi connectivity index (χ1) is 9.88. The summed E-state index contributed by atoms with van der Waals surface area (Å²) in [5.41, 5.74) is 1.06. The summed E-state index contributed by atoms with van der Waals surface area (Å²) in [7, 11) is 2.12. The minimum absolute atomic E-state index is 0.127. The third-order valence-electron chi connectivity index (χ3n) is 4.81. The van der Waals surface area contributed by atoms with Crippen LogP contribution in [0.25, 0.3) is 11.0 Å². The van der Waals surface area contributed by atoms with Gasteiger partial charge in [-0.2, -0.15) is 0 Å². The van der Waals surface area contributed by atoms with Crippen molar-refractivity contribution in [2.75, 3.05) is 13.6 Å². The van der Waals surface area contributed by atoms with E-state index in [-0.39, 0.29) is 17.2 Å². The summed E-state index contributed by atoms with van der Waals surface area (Å²) in [4.78, 5) is 29.1. The lowest BCUT2D eigenvalue weighted by Crippen LogP contribution is -2.43. The van der Waals surface area contributed by atoms with Crippen LogP contribution >= 0.6 is 0 Å². The van der Waals surface area contributed by atoms with Crippen LogP contribution in [0.3, 0.4) is 0 Å². The van der Waals surface area contributed by atoms with Crippen molar-refractivity contribution in [1.29, 1.82) is 0 Å². The van der Waals surface area contributed by atoms with Crippen LogP contribution in [-0.2, 0) is 0 Å². The molecule has 2 aromatic rings. The fourth-order valence-electron chi connectivity index (χ4n) is 3.49. The van der Waals surface area contributed by atoms with E-state index in [1.807, 2.05) is 4.68 Å². The van der Waals surface area contributed by atoms with Crippen molar-refractivity contribution in [3.8, 4) is 0 Å². The number of pyridine rings is 1. The van der Waals surface area contributed by atoms with Gasteiger partial charge in [0.05, 0.1) is 11.4 Å². The number of fused-ring (bicyclic) bond motifs is 1. The highest BCUT2D eigenvalue weighted by atomic mass is 16.1. The fourth-order valence-corrected chi connectivity index (χ4v) is 3.49. The normalized spacial score (nSPS) is 27.3. The summed E-state index contributed by atoms with van der Waals surface area (Å²) in [5.74, 6) is 0.404. The number of piperidine rings is 1. The van der Waals surface area contributed by atoms with Gasteiger partial charge in [0, 0.05) is 18.7 Å². The SMILES string of the molecule is Cc1cc(=O)[nH]c2c1c(=O)[nH]n2[C@H]1C[C@H](C)N(C)C[C@@H]1C. The van der Waals surface area contributed by atoms with E-state index in [2.05, 4.69) is 35.9 Å². The lowest BCUT2D eigenvalue weighted by molar-refractivity contribution is 0.103. The van der Waals surface area contributed by atoms with Gasteiger partial charge in [-0.1, -0.05) is 6.92 Å². The van der Waals surface area contributed by atoms with Crippen LogP contribution in [0.4, 0.5) is 0 Å². The van der Waals surface area contributed by atoms with Crippen molar-refractivity contribution in [3.63, 3.8) is 0 Å². The number of nitrogens with one attached hydrogen (secondary N) is 2. The van der Waals surface area contributed by atoms with Crippen LogP contribution in [0.2, 0.25) is 0 Å². The second kappa shape index (κ2) is 4.87. The predicted molar refractivity (Wildman–Crippen MR) is 82.8 cm³/mol. The van der Waals surface area contributed by atoms with E-state index in [1.165, 1.54) is 6.07 Å². The standard InChI is InChI=1S/C15H22N4O2/c1-8-5-12(20)16-14-13(8)15(21)17-19(14)11-6-10(3)18(4)7-9(11)2/h5,9-11H,6-7H2,1-4H3,(H,16,20)(H,17,21)/t9-,10-,11-/m0/s1. The molecule has 1 fully saturated rings. The highest BCUT2D eigenvalue weighted by Gasteiger charge is 2.31. The Morgan fingerprint density at radius 1 is 1.29 bits per heavy atom. The second-order valence-electron chi connectivity index (χ2n) is 6.42. The van der Waals surface area contributed by atoms with Gasteiger partial charge in [0.1, 0.15) is 5.65 Å². The first-order valence-corrected chi connectivity index (χ1v) is 7.43. The Bertz CT molecular complexity index is 785. The van der Waals surface area contributed by atoms with E-state index in [4.69, 9.17) is 0 Å². The smallest absolute Gasteiger partial charge is 0.273 e. The average Bonchev–Trinajstić information content (AvgIpc) is 2.71. The molecule has 21 heavy (non-hydrogen) atoms. The molecule has 0 bridgehead atoms. The fraction of sp³-hybridized carbons (Fsp3) is 0.600. The van der Waals surface area contributed by atoms with Gasteiger partial charge in [-0.25, -0.2) is 0 Å². The summed E-state index contributed by atoms with van der Waals surface area (Å²) >= 11 is 0. The minimum Gasteiger partial charge on any atom is -0.307 e. The molecule has 3 atom stereocenters. The number of H-pyrrole nitrogens is 2. The van der Waals surface area contributed by atoms with Crippen LogP contribution in [0.15, 0.2) is 15.7 Å². The number of rotatable bonds is 1. The third kappa shape index (κ3) is 2.23. The van der Waals surface area contributed by atoms with Crippen LogP contribution < -0.4 is 11.1 Å². The molecule has 0 unspecified atom stereocenters. The van der Waals surface area contributed by atoms with E-state index in [9.17, 15) is 9.59 Å². The van der Waals surface area contributed by atoms with Crippen molar-refractivity contribution in [3.05, 3.63) is 32.3 Å². The van der Waals surface area contributed by atoms with E-state index in [1.54, 1.807) is 6.92 Å². The molecular weight excluding hydrogens is 268 g/mol. The summed E-state index contributed by atoms with van der Waals surface area (Å²) in [6.07, 6.45) is 0.952. The summed E-state index contributed by atoms with van der Waals surface area (Å²) in [6, 6.07) is 2.12. The maximum absolute atomic E-state index is 12.2. The lowest BCUT2D eigenvalue weighted by atomic mass is 9.90. The third-order valence-corrected chi connectivity index (χ3v) is 4.81. The molecule has 6 heteroatoms. The van der Waals surface area contributed by atoms with Gasteiger partial charge in [-0.15, -0.1) is 0 Å². The van der Waals surface area contributed by atoms with Crippen molar-refractivity contribution in [2.24, 2.45) is 5.92 Å². The number of aromatic nitrogens is 3. The second-order valence-corrected chi connectivity index (χ2v) is 6.42. The zero-order valence-electron chi connectivity index (χ0n) is 12.9. The van der Waals surface area contributed by atoms with Gasteiger partial charge in [0.25, 0.3) is 5.56 Å². The highest BCUT2D eigenvalue weighted by molar-refractivity contribution is 5.78. The zero-order valence-corrected chi connectivity index (χ0v) is 12.9. The Morgan fingerprint density at radius 2 is 2.00 bits per heavy atom. The minimum atomic E-state index is -0.165. The topological polar surface area (TPSA) is 73.9 Å². The molecular formula is C15H22N4O2. The Hall–Kier alpha value is -1.82. The number of aromatic amines is 2. The van der Waals surface area contributed by atoms with Gasteiger partial charge < -0.3 is 9.88 Å². The monoisotopic (exact) mass is 290 g/mol. The van der Waals surface area contributed by atoms with Gasteiger partial charge in [-0.05, 0) is 38.8 Å². The highest BCUT2D eigenvalue weighted by Crippen LogP contribution is 2.31. The van der Waals surface area contributed by atoms with Gasteiger partial charge in [0.15, 0.2) is 0 Å². The van der Waals surface area contributed by atoms with E-state index < -0.39 is 0 Å². The summed E-state index contributed by atoms with van der Waals surface area (Å²) in [5, 5.41) is 3.52. The molecule has 1 aliphatic rings. The molecule has 3 rings (SSSR count). The van der Waals surface area contributed by atoms with Crippen molar-refractivity contribution < 1.29 is 0 Å². The van der Waals surface area contributed by atoms with Crippen LogP contribution in [0, 0.1) is 12.8 Å². The van der Waals surface area contributed by atoms with Crippen LogP contribution in [0.5, 0.6) is 0 Å². The largest absolute Gasteiger partial charge is 0.307 e. The van der Waals surface area contributed by atoms with Crippen molar-refractivity contribution in [2.45, 2.75) is 39.3 Å². The molecule has 2 aromatic heterocycles. The van der Waals surface area contributed by atoms with E-state index in [0.717, 1.165) is 18.5 Å². The molecule has 0 amide bonds. The molecule has 2 N–H and O–H groups in total. The molecule has 3 heterocycles. The first-order valence-electron chi connectivity index (χ1n) is 7.43. The van der Waals surface area contributed by atoms with E-state index in [0.29, 0.717) is 23.0 Å². The Balaban J connectivity index is 2.17. The molecule has 0 saturated carbocycles. The molecule has 1 saturated heterocycles. The number of nitrogens with zero attached hydrogens (tertiary/aromatic N) is 2. The molecule has 0 radical (unpaired) electrons. The summed E-state index contributed by atoms with van der Waals surface area (Å²) < 4.78 is 1.88. The average molecular weight is 290 g/mol. The van der Waals surface area contributed by atoms with Gasteiger partial charge in [0.2, 0.25) is 5.56 Å². The first kappa shape index (κ1) is 14.1. The maximum Gasteiger partial charge on any atom is 0.273 e. The Kier molecular flexibility index (Phi) is 3.28. The molecule has 0 aromatic carbocycles. The molecule has 0 aliphatic carbocycles. The maximum atomic E-state index is 12.2. The van der Waals surface area contributed by atoms with Crippen molar-refractivity contribution in [1.82, 2.24) is 19.7 Å². The number of hydrogen-bond acceptors (Lipinski definition) is 3. The molecule has 0 spiro atoms. The van der Waals surface area contributed by atoms with Gasteiger partial charge >= 0.3 is 0 Å². The number of likely N-dealkylation sites (tertiary alicyclic amines) is 1. The van der Waals surface area contributed by atoms with Crippen molar-refractivity contribution >= 4 is 11.0 Å². The lowest BCUT2D eigenvalue weighted by Gasteiger charge is -2.40. The molecule has 6 nitrogen and oxygen atoms in total. The zero-order chi connectivity index (χ0) is 15.3. The van der Waals surface area contributed by atoms with E-state index >= 15 is 0 Å². The Morgan fingerprint density at radius 3 is 2.71 bits per heavy atom. The Labute approximate surface area is 122 Å². The number of aryl methyl sites for hydroxylation is 1. The molecule has 1 aliphatic heterocycles. The molecule has 114 valence electrons. The predicted octanol–water partition coefficient (Wildman–Crippen LogP) is 1.23. The van der Waals surface area contributed by atoms with Crippen LogP contribution in [0.1, 0.15) is 31.9 Å². The quantitative estimate of drug-likeness (QED) is 0.829. The van der Waals surface area contributed by atoms with Gasteiger partial charge in [-0.3, -0.25) is 19.4 Å².